The Labute approximate surface area is 107 Å². The van der Waals surface area contributed by atoms with Gasteiger partial charge in [-0.3, -0.25) is 14.7 Å². The van der Waals surface area contributed by atoms with Gasteiger partial charge in [0.25, 0.3) is 0 Å². The van der Waals surface area contributed by atoms with E-state index in [4.69, 9.17) is 0 Å². The number of likely N-dealkylation sites (N-methyl/N-ethyl adjacent to an activating group) is 1. The van der Waals surface area contributed by atoms with Crippen molar-refractivity contribution in [3.05, 3.63) is 30.1 Å². The summed E-state index contributed by atoms with van der Waals surface area (Å²) in [6, 6.07) is 5.30. The second kappa shape index (κ2) is 5.93. The minimum Gasteiger partial charge on any atom is -0.394 e. The topological polar surface area (TPSA) is 56.7 Å². The van der Waals surface area contributed by atoms with E-state index >= 15 is 0 Å². The minimum absolute atomic E-state index is 0.00840. The zero-order valence-corrected chi connectivity index (χ0v) is 10.6. The van der Waals surface area contributed by atoms with Gasteiger partial charge in [-0.2, -0.15) is 0 Å². The quantitative estimate of drug-likeness (QED) is 0.826. The van der Waals surface area contributed by atoms with Crippen LogP contribution in [0.3, 0.4) is 0 Å². The molecule has 98 valence electrons. The van der Waals surface area contributed by atoms with Crippen LogP contribution < -0.4 is 0 Å². The first-order valence-corrected chi connectivity index (χ1v) is 6.22. The first-order chi connectivity index (χ1) is 8.72. The van der Waals surface area contributed by atoms with Gasteiger partial charge in [-0.1, -0.05) is 6.07 Å². The van der Waals surface area contributed by atoms with Crippen LogP contribution in [0, 0.1) is 0 Å². The number of nitrogens with zero attached hydrogens (tertiary/aromatic N) is 3. The number of carbonyl (C=O) groups is 1. The predicted molar refractivity (Wildman–Crippen MR) is 67.8 cm³/mol. The van der Waals surface area contributed by atoms with Gasteiger partial charge >= 0.3 is 0 Å². The fourth-order valence-corrected chi connectivity index (χ4v) is 2.27. The third kappa shape index (κ3) is 2.86. The Balaban J connectivity index is 2.12. The predicted octanol–water partition coefficient (Wildman–Crippen LogP) is 0.107. The van der Waals surface area contributed by atoms with Crippen molar-refractivity contribution in [3.8, 4) is 0 Å². The lowest BCUT2D eigenvalue weighted by atomic mass is 10.2. The zero-order valence-electron chi connectivity index (χ0n) is 10.6. The Bertz CT molecular complexity index is 396. The van der Waals surface area contributed by atoms with Crippen LogP contribution in [0.4, 0.5) is 0 Å². The Kier molecular flexibility index (Phi) is 4.28. The molecule has 1 atom stereocenters. The van der Waals surface area contributed by atoms with E-state index in [1.165, 1.54) is 0 Å². The molecule has 2 rings (SSSR count). The summed E-state index contributed by atoms with van der Waals surface area (Å²) in [7, 11) is 1.79. The van der Waals surface area contributed by atoms with Crippen molar-refractivity contribution in [1.29, 1.82) is 0 Å². The molecule has 1 amide bonds. The lowest BCUT2D eigenvalue weighted by Gasteiger charge is -2.27. The highest BCUT2D eigenvalue weighted by Gasteiger charge is 2.30. The van der Waals surface area contributed by atoms with Crippen LogP contribution in [-0.2, 0) is 11.3 Å². The monoisotopic (exact) mass is 249 g/mol. The first-order valence-electron chi connectivity index (χ1n) is 6.22. The third-order valence-electron chi connectivity index (χ3n) is 3.31. The Hall–Kier alpha value is -1.46. The molecule has 1 fully saturated rings. The van der Waals surface area contributed by atoms with Gasteiger partial charge in [0.15, 0.2) is 0 Å². The van der Waals surface area contributed by atoms with Crippen LogP contribution >= 0.6 is 0 Å². The summed E-state index contributed by atoms with van der Waals surface area (Å²) >= 11 is 0. The lowest BCUT2D eigenvalue weighted by Crippen LogP contribution is -2.46. The van der Waals surface area contributed by atoms with Crippen molar-refractivity contribution in [1.82, 2.24) is 14.8 Å². The molecule has 1 aliphatic rings. The second-order valence-corrected chi connectivity index (χ2v) is 4.60. The van der Waals surface area contributed by atoms with Gasteiger partial charge in [0.05, 0.1) is 12.3 Å². The number of aliphatic hydroxyl groups excluding tert-OH is 1. The van der Waals surface area contributed by atoms with Crippen molar-refractivity contribution in [2.75, 3.05) is 26.7 Å². The fraction of sp³-hybridized carbons (Fsp3) is 0.538. The van der Waals surface area contributed by atoms with E-state index < -0.39 is 6.04 Å². The number of hydrogen-bond donors (Lipinski definition) is 1. The van der Waals surface area contributed by atoms with E-state index in [0.717, 1.165) is 25.2 Å². The highest BCUT2D eigenvalue weighted by atomic mass is 16.3. The van der Waals surface area contributed by atoms with Gasteiger partial charge in [0.1, 0.15) is 6.04 Å². The number of carbonyl (C=O) groups excluding carboxylic acids is 1. The SMILES string of the molecule is CN1CCCN(Cc2ccccn2)C(CO)C1=O. The maximum Gasteiger partial charge on any atom is 0.242 e. The lowest BCUT2D eigenvalue weighted by molar-refractivity contribution is -0.135. The maximum atomic E-state index is 12.1. The molecule has 0 bridgehead atoms. The van der Waals surface area contributed by atoms with Crippen LogP contribution in [0.15, 0.2) is 24.4 Å². The molecule has 1 aromatic heterocycles. The maximum absolute atomic E-state index is 12.1. The average molecular weight is 249 g/mol. The molecule has 0 spiro atoms. The Morgan fingerprint density at radius 3 is 2.94 bits per heavy atom. The molecule has 2 heterocycles. The van der Waals surface area contributed by atoms with E-state index in [1.807, 2.05) is 23.1 Å². The summed E-state index contributed by atoms with van der Waals surface area (Å²) < 4.78 is 0. The van der Waals surface area contributed by atoms with Crippen LogP contribution in [0.1, 0.15) is 12.1 Å². The molecule has 1 aliphatic heterocycles. The number of rotatable bonds is 3. The molecule has 1 N–H and O–H groups in total. The molecular formula is C13H19N3O2. The van der Waals surface area contributed by atoms with Crippen molar-refractivity contribution >= 4 is 5.91 Å². The summed E-state index contributed by atoms with van der Waals surface area (Å²) in [5, 5.41) is 9.44. The van der Waals surface area contributed by atoms with Crippen molar-refractivity contribution in [3.63, 3.8) is 0 Å². The van der Waals surface area contributed by atoms with Gasteiger partial charge in [-0.15, -0.1) is 0 Å². The van der Waals surface area contributed by atoms with Gasteiger partial charge in [-0.05, 0) is 18.6 Å². The van der Waals surface area contributed by atoms with Crippen molar-refractivity contribution in [2.45, 2.75) is 19.0 Å². The molecule has 18 heavy (non-hydrogen) atoms. The molecule has 1 saturated heterocycles. The fourth-order valence-electron chi connectivity index (χ4n) is 2.27. The smallest absolute Gasteiger partial charge is 0.242 e. The molecule has 1 unspecified atom stereocenters. The summed E-state index contributed by atoms with van der Waals surface area (Å²) in [6.07, 6.45) is 2.67. The second-order valence-electron chi connectivity index (χ2n) is 4.60. The minimum atomic E-state index is -0.445. The third-order valence-corrected chi connectivity index (χ3v) is 3.31. The Morgan fingerprint density at radius 2 is 2.28 bits per heavy atom. The van der Waals surface area contributed by atoms with Gasteiger partial charge < -0.3 is 10.0 Å². The highest BCUT2D eigenvalue weighted by Crippen LogP contribution is 2.13. The molecular weight excluding hydrogens is 230 g/mol. The van der Waals surface area contributed by atoms with Crippen molar-refractivity contribution in [2.24, 2.45) is 0 Å². The largest absolute Gasteiger partial charge is 0.394 e. The number of amides is 1. The van der Waals surface area contributed by atoms with Crippen LogP contribution in [0.25, 0.3) is 0 Å². The van der Waals surface area contributed by atoms with E-state index in [9.17, 15) is 9.90 Å². The molecule has 0 aliphatic carbocycles. The molecule has 0 saturated carbocycles. The highest BCUT2D eigenvalue weighted by molar-refractivity contribution is 5.82. The van der Waals surface area contributed by atoms with Crippen LogP contribution in [0.5, 0.6) is 0 Å². The molecule has 0 aromatic carbocycles. The molecule has 5 heteroatoms. The number of hydrogen-bond acceptors (Lipinski definition) is 4. The Morgan fingerprint density at radius 1 is 1.44 bits per heavy atom. The van der Waals surface area contributed by atoms with E-state index in [0.29, 0.717) is 6.54 Å². The van der Waals surface area contributed by atoms with Crippen LogP contribution in [-0.4, -0.2) is 58.6 Å². The standard InChI is InChI=1S/C13H19N3O2/c1-15-7-4-8-16(12(10-17)13(15)18)9-11-5-2-3-6-14-11/h2-3,5-6,12,17H,4,7-10H2,1H3. The number of aromatic nitrogens is 1. The van der Waals surface area contributed by atoms with E-state index in [-0.39, 0.29) is 12.5 Å². The number of aliphatic hydroxyl groups is 1. The summed E-state index contributed by atoms with van der Waals surface area (Å²) in [5.41, 5.74) is 0.924. The average Bonchev–Trinajstić information content (AvgIpc) is 2.51. The molecule has 0 radical (unpaired) electrons. The zero-order chi connectivity index (χ0) is 13.0. The van der Waals surface area contributed by atoms with Crippen LogP contribution in [0.2, 0.25) is 0 Å². The first kappa shape index (κ1) is 13.0. The van der Waals surface area contributed by atoms with Gasteiger partial charge in [-0.25, -0.2) is 0 Å². The summed E-state index contributed by atoms with van der Waals surface area (Å²) in [6.45, 7) is 2.01. The van der Waals surface area contributed by atoms with Gasteiger partial charge in [0.2, 0.25) is 5.91 Å². The summed E-state index contributed by atoms with van der Waals surface area (Å²) in [4.78, 5) is 20.1. The number of pyridine rings is 1. The normalized spacial score (nSPS) is 22.0. The molecule has 1 aromatic rings. The van der Waals surface area contributed by atoms with E-state index in [2.05, 4.69) is 4.98 Å². The molecule has 5 nitrogen and oxygen atoms in total. The van der Waals surface area contributed by atoms with Gasteiger partial charge in [0, 0.05) is 32.9 Å². The summed E-state index contributed by atoms with van der Waals surface area (Å²) in [5.74, 6) is -0.00840. The van der Waals surface area contributed by atoms with Crippen molar-refractivity contribution < 1.29 is 9.90 Å². The van der Waals surface area contributed by atoms with E-state index in [1.54, 1.807) is 18.1 Å².